The molecule has 1 aromatic heterocycles. The summed E-state index contributed by atoms with van der Waals surface area (Å²) >= 11 is 0. The van der Waals surface area contributed by atoms with Crippen LogP contribution in [0.1, 0.15) is 45.3 Å². The molecule has 0 radical (unpaired) electrons. The van der Waals surface area contributed by atoms with E-state index >= 15 is 0 Å². The second kappa shape index (κ2) is 5.87. The number of rotatable bonds is 1. The lowest BCUT2D eigenvalue weighted by Crippen LogP contribution is -2.41. The number of likely N-dealkylation sites (tertiary alicyclic amines) is 1. The van der Waals surface area contributed by atoms with Crippen LogP contribution in [0.25, 0.3) is 11.0 Å². The molecule has 1 saturated heterocycles. The van der Waals surface area contributed by atoms with Gasteiger partial charge in [0.15, 0.2) is 5.82 Å². The fraction of sp³-hybridized carbons (Fsp3) is 0.500. The summed E-state index contributed by atoms with van der Waals surface area (Å²) in [7, 11) is 0. The molecule has 1 fully saturated rings. The average Bonchev–Trinajstić information content (AvgIpc) is 2.83. The molecule has 0 bridgehead atoms. The summed E-state index contributed by atoms with van der Waals surface area (Å²) in [5.41, 5.74) is 0.0771. The maximum atomic E-state index is 14.5. The molecule has 23 heavy (non-hydrogen) atoms. The highest BCUT2D eigenvalue weighted by molar-refractivity contribution is 5.78. The topological polar surface area (TPSA) is 42.7 Å². The van der Waals surface area contributed by atoms with Gasteiger partial charge in [0.2, 0.25) is 0 Å². The largest absolute Gasteiger partial charge is 0.458 e. The predicted octanol–water partition coefficient (Wildman–Crippen LogP) is 4.69. The van der Waals surface area contributed by atoms with Gasteiger partial charge in [-0.1, -0.05) is 12.1 Å². The van der Waals surface area contributed by atoms with E-state index in [0.717, 1.165) is 0 Å². The van der Waals surface area contributed by atoms with Gasteiger partial charge in [-0.2, -0.15) is 0 Å². The monoisotopic (exact) mass is 319 g/mol. The third-order valence-corrected chi connectivity index (χ3v) is 4.08. The summed E-state index contributed by atoms with van der Waals surface area (Å²) in [6, 6.07) is 7.14. The minimum absolute atomic E-state index is 0.00101. The summed E-state index contributed by atoms with van der Waals surface area (Å²) in [5.74, 6) is 0.146. The first-order valence-corrected chi connectivity index (χ1v) is 8.00. The van der Waals surface area contributed by atoms with Gasteiger partial charge in [0.05, 0.1) is 5.39 Å². The number of amides is 1. The van der Waals surface area contributed by atoms with Gasteiger partial charge in [0.25, 0.3) is 0 Å². The van der Waals surface area contributed by atoms with Gasteiger partial charge < -0.3 is 14.1 Å². The van der Waals surface area contributed by atoms with E-state index < -0.39 is 5.60 Å². The van der Waals surface area contributed by atoms with Crippen molar-refractivity contribution in [1.82, 2.24) is 4.90 Å². The van der Waals surface area contributed by atoms with Crippen molar-refractivity contribution in [2.45, 2.75) is 45.1 Å². The summed E-state index contributed by atoms with van der Waals surface area (Å²) in [6.45, 7) is 6.65. The summed E-state index contributed by atoms with van der Waals surface area (Å²) in [5, 5.41) is 0.525. The minimum atomic E-state index is -0.501. The van der Waals surface area contributed by atoms with Crippen molar-refractivity contribution in [3.05, 3.63) is 35.8 Å². The highest BCUT2D eigenvalue weighted by Crippen LogP contribution is 2.35. The zero-order valence-corrected chi connectivity index (χ0v) is 13.8. The van der Waals surface area contributed by atoms with Gasteiger partial charge in [-0.25, -0.2) is 9.18 Å². The van der Waals surface area contributed by atoms with E-state index in [1.165, 1.54) is 0 Å². The molecule has 5 heteroatoms. The van der Waals surface area contributed by atoms with Gasteiger partial charge in [0.1, 0.15) is 16.9 Å². The maximum Gasteiger partial charge on any atom is 0.410 e. The molecular formula is C18H22FNO3. The van der Waals surface area contributed by atoms with Crippen LogP contribution in [0.5, 0.6) is 0 Å². The Kier molecular flexibility index (Phi) is 4.04. The maximum absolute atomic E-state index is 14.5. The number of carbonyl (C=O) groups excluding carboxylic acids is 1. The highest BCUT2D eigenvalue weighted by atomic mass is 19.1. The summed E-state index contributed by atoms with van der Waals surface area (Å²) in [4.78, 5) is 13.8. The molecule has 2 heterocycles. The highest BCUT2D eigenvalue weighted by Gasteiger charge is 2.31. The second-order valence-corrected chi connectivity index (χ2v) is 7.02. The fourth-order valence-electron chi connectivity index (χ4n) is 2.95. The molecule has 0 spiro atoms. The smallest absolute Gasteiger partial charge is 0.410 e. The molecular weight excluding hydrogens is 297 g/mol. The Morgan fingerprint density at radius 1 is 1.26 bits per heavy atom. The van der Waals surface area contributed by atoms with E-state index in [-0.39, 0.29) is 17.8 Å². The molecule has 0 unspecified atom stereocenters. The van der Waals surface area contributed by atoms with Crippen LogP contribution in [0.15, 0.2) is 28.7 Å². The van der Waals surface area contributed by atoms with Gasteiger partial charge >= 0.3 is 6.09 Å². The Hall–Kier alpha value is -2.04. The first kappa shape index (κ1) is 15.8. The molecule has 124 valence electrons. The van der Waals surface area contributed by atoms with Crippen LogP contribution in [0, 0.1) is 5.82 Å². The second-order valence-electron chi connectivity index (χ2n) is 7.02. The molecule has 1 amide bonds. The third kappa shape index (κ3) is 3.33. The Balaban J connectivity index is 1.69. The van der Waals surface area contributed by atoms with Crippen molar-refractivity contribution < 1.29 is 18.3 Å². The van der Waals surface area contributed by atoms with Crippen LogP contribution in [0.4, 0.5) is 9.18 Å². The van der Waals surface area contributed by atoms with Crippen LogP contribution >= 0.6 is 0 Å². The van der Waals surface area contributed by atoms with Crippen LogP contribution in [-0.4, -0.2) is 29.7 Å². The number of hydrogen-bond donors (Lipinski definition) is 0. The lowest BCUT2D eigenvalue weighted by atomic mass is 9.94. The normalized spacial score (nSPS) is 16.8. The number of ether oxygens (including phenoxy) is 1. The minimum Gasteiger partial charge on any atom is -0.458 e. The SMILES string of the molecule is CC(C)(C)OC(=O)N1CCC(c2oc3ccccc3c2F)CC1. The Bertz CT molecular complexity index is 709. The van der Waals surface area contributed by atoms with E-state index in [1.807, 2.05) is 26.8 Å². The molecule has 2 aromatic rings. The number of carbonyl (C=O) groups is 1. The summed E-state index contributed by atoms with van der Waals surface area (Å²) < 4.78 is 25.6. The average molecular weight is 319 g/mol. The van der Waals surface area contributed by atoms with Gasteiger partial charge in [0, 0.05) is 19.0 Å². The first-order valence-electron chi connectivity index (χ1n) is 8.00. The number of halogens is 1. The number of para-hydroxylation sites is 1. The molecule has 0 N–H and O–H groups in total. The molecule has 0 atom stereocenters. The van der Waals surface area contributed by atoms with Crippen LogP contribution in [-0.2, 0) is 4.74 Å². The molecule has 4 nitrogen and oxygen atoms in total. The van der Waals surface area contributed by atoms with E-state index in [0.29, 0.717) is 42.7 Å². The molecule has 3 rings (SSSR count). The number of hydrogen-bond acceptors (Lipinski definition) is 3. The molecule has 1 aromatic carbocycles. The molecule has 1 aliphatic heterocycles. The van der Waals surface area contributed by atoms with Gasteiger partial charge in [-0.15, -0.1) is 0 Å². The summed E-state index contributed by atoms with van der Waals surface area (Å²) in [6.07, 6.45) is 1.05. The Morgan fingerprint density at radius 2 is 1.91 bits per heavy atom. The number of piperidine rings is 1. The van der Waals surface area contributed by atoms with E-state index in [2.05, 4.69) is 0 Å². The van der Waals surface area contributed by atoms with Crippen molar-refractivity contribution >= 4 is 17.1 Å². The quantitative estimate of drug-likeness (QED) is 0.766. The zero-order valence-electron chi connectivity index (χ0n) is 13.8. The molecule has 1 aliphatic rings. The lowest BCUT2D eigenvalue weighted by molar-refractivity contribution is 0.0200. The van der Waals surface area contributed by atoms with Crippen molar-refractivity contribution in [2.24, 2.45) is 0 Å². The number of benzene rings is 1. The molecule has 0 saturated carbocycles. The molecule has 0 aliphatic carbocycles. The van der Waals surface area contributed by atoms with Gasteiger partial charge in [-0.05, 0) is 45.7 Å². The van der Waals surface area contributed by atoms with Crippen LogP contribution < -0.4 is 0 Å². The van der Waals surface area contributed by atoms with Crippen molar-refractivity contribution in [3.8, 4) is 0 Å². The van der Waals surface area contributed by atoms with E-state index in [1.54, 1.807) is 23.1 Å². The van der Waals surface area contributed by atoms with Crippen LogP contribution in [0.2, 0.25) is 0 Å². The Morgan fingerprint density at radius 3 is 2.52 bits per heavy atom. The van der Waals surface area contributed by atoms with Crippen molar-refractivity contribution in [3.63, 3.8) is 0 Å². The van der Waals surface area contributed by atoms with Gasteiger partial charge in [-0.3, -0.25) is 0 Å². The fourth-order valence-corrected chi connectivity index (χ4v) is 2.95. The zero-order chi connectivity index (χ0) is 16.6. The number of nitrogens with zero attached hydrogens (tertiary/aromatic N) is 1. The van der Waals surface area contributed by atoms with E-state index in [4.69, 9.17) is 9.15 Å². The van der Waals surface area contributed by atoms with Crippen molar-refractivity contribution in [1.29, 1.82) is 0 Å². The predicted molar refractivity (Wildman–Crippen MR) is 86.0 cm³/mol. The first-order chi connectivity index (χ1) is 10.8. The number of fused-ring (bicyclic) bond motifs is 1. The van der Waals surface area contributed by atoms with Crippen LogP contribution in [0.3, 0.4) is 0 Å². The number of furan rings is 1. The van der Waals surface area contributed by atoms with E-state index in [9.17, 15) is 9.18 Å². The lowest BCUT2D eigenvalue weighted by Gasteiger charge is -2.32. The Labute approximate surface area is 135 Å². The van der Waals surface area contributed by atoms with Crippen molar-refractivity contribution in [2.75, 3.05) is 13.1 Å². The standard InChI is InChI=1S/C18H22FNO3/c1-18(2,3)23-17(21)20-10-8-12(9-11-20)16-15(19)13-6-4-5-7-14(13)22-16/h4-7,12H,8-11H2,1-3H3. The third-order valence-electron chi connectivity index (χ3n) is 4.08.